The summed E-state index contributed by atoms with van der Waals surface area (Å²) in [5.41, 5.74) is 1.04. The van der Waals surface area contributed by atoms with Crippen LogP contribution in [0, 0.1) is 0 Å². The first kappa shape index (κ1) is 20.9. The van der Waals surface area contributed by atoms with Crippen molar-refractivity contribution in [2.45, 2.75) is 31.8 Å². The average molecular weight is 412 g/mol. The molecule has 0 saturated carbocycles. The summed E-state index contributed by atoms with van der Waals surface area (Å²) in [4.78, 5) is 30.2. The number of benzene rings is 2. The second-order valence-corrected chi connectivity index (χ2v) is 7.39. The number of para-hydroxylation sites is 3. The minimum atomic E-state index is -0.184. The number of hydrogen-bond acceptors (Lipinski definition) is 5. The minimum Gasteiger partial charge on any atom is -0.492 e. The van der Waals surface area contributed by atoms with E-state index < -0.39 is 0 Å². The lowest BCUT2D eigenvalue weighted by Gasteiger charge is -2.16. The van der Waals surface area contributed by atoms with E-state index >= 15 is 0 Å². The normalized spacial score (nSPS) is 10.8. The SMILES string of the molecule is CCCCNC(=O)CSc1nc2ccccc2c(=O)n1-c1ccccc1OCC. The summed E-state index contributed by atoms with van der Waals surface area (Å²) in [5, 5.41) is 3.88. The molecule has 2 aromatic carbocycles. The molecule has 1 aromatic heterocycles. The van der Waals surface area contributed by atoms with Gasteiger partial charge in [-0.05, 0) is 37.6 Å². The molecular formula is C22H25N3O3S. The number of nitrogens with zero attached hydrogens (tertiary/aromatic N) is 2. The first-order valence-corrected chi connectivity index (χ1v) is 10.8. The average Bonchev–Trinajstić information content (AvgIpc) is 2.73. The molecule has 0 aliphatic rings. The third-order valence-electron chi connectivity index (χ3n) is 4.34. The Hall–Kier alpha value is -2.80. The largest absolute Gasteiger partial charge is 0.492 e. The first-order chi connectivity index (χ1) is 14.2. The number of unbranched alkanes of at least 4 members (excludes halogenated alkanes) is 1. The van der Waals surface area contributed by atoms with Crippen molar-refractivity contribution in [3.63, 3.8) is 0 Å². The summed E-state index contributed by atoms with van der Waals surface area (Å²) in [6.45, 7) is 5.11. The molecule has 0 aliphatic heterocycles. The molecule has 1 heterocycles. The first-order valence-electron chi connectivity index (χ1n) is 9.79. The fourth-order valence-electron chi connectivity index (χ4n) is 2.93. The Morgan fingerprint density at radius 2 is 1.90 bits per heavy atom. The molecule has 3 aromatic rings. The molecule has 6 nitrogen and oxygen atoms in total. The van der Waals surface area contributed by atoms with Crippen LogP contribution in [0.5, 0.6) is 5.75 Å². The van der Waals surface area contributed by atoms with E-state index in [1.165, 1.54) is 16.3 Å². The van der Waals surface area contributed by atoms with Gasteiger partial charge in [0.05, 0.1) is 29.0 Å². The molecule has 0 atom stereocenters. The highest BCUT2D eigenvalue weighted by Gasteiger charge is 2.17. The van der Waals surface area contributed by atoms with Gasteiger partial charge in [0.1, 0.15) is 5.75 Å². The summed E-state index contributed by atoms with van der Waals surface area (Å²) in [5.74, 6) is 0.713. The van der Waals surface area contributed by atoms with Crippen molar-refractivity contribution in [2.24, 2.45) is 0 Å². The highest BCUT2D eigenvalue weighted by atomic mass is 32.2. The Morgan fingerprint density at radius 1 is 1.14 bits per heavy atom. The van der Waals surface area contributed by atoms with Crippen molar-refractivity contribution in [1.82, 2.24) is 14.9 Å². The molecule has 0 unspecified atom stereocenters. The molecule has 0 spiro atoms. The minimum absolute atomic E-state index is 0.0736. The zero-order chi connectivity index (χ0) is 20.6. The summed E-state index contributed by atoms with van der Waals surface area (Å²) >= 11 is 1.25. The maximum atomic E-state index is 13.3. The number of carbonyl (C=O) groups excluding carboxylic acids is 1. The fraction of sp³-hybridized carbons (Fsp3) is 0.318. The number of ether oxygens (including phenoxy) is 1. The lowest BCUT2D eigenvalue weighted by Crippen LogP contribution is -2.27. The van der Waals surface area contributed by atoms with E-state index in [0.717, 1.165) is 12.8 Å². The third-order valence-corrected chi connectivity index (χ3v) is 5.27. The number of amides is 1. The van der Waals surface area contributed by atoms with Gasteiger partial charge in [0.25, 0.3) is 5.56 Å². The molecule has 29 heavy (non-hydrogen) atoms. The summed E-state index contributed by atoms with van der Waals surface area (Å²) in [7, 11) is 0. The molecule has 152 valence electrons. The number of hydrogen-bond donors (Lipinski definition) is 1. The number of rotatable bonds is 9. The van der Waals surface area contributed by atoms with E-state index in [4.69, 9.17) is 4.74 Å². The van der Waals surface area contributed by atoms with E-state index in [1.807, 2.05) is 43.3 Å². The zero-order valence-electron chi connectivity index (χ0n) is 16.7. The second kappa shape index (κ2) is 10.1. The smallest absolute Gasteiger partial charge is 0.266 e. The lowest BCUT2D eigenvalue weighted by molar-refractivity contribution is -0.118. The van der Waals surface area contributed by atoms with E-state index in [0.29, 0.717) is 40.6 Å². The number of nitrogens with one attached hydrogen (secondary N) is 1. The Labute approximate surface area is 174 Å². The van der Waals surface area contributed by atoms with E-state index in [1.54, 1.807) is 12.1 Å². The fourth-order valence-corrected chi connectivity index (χ4v) is 3.76. The van der Waals surface area contributed by atoms with Gasteiger partial charge in [0, 0.05) is 6.54 Å². The molecule has 0 bridgehead atoms. The molecule has 0 saturated heterocycles. The molecule has 0 aliphatic carbocycles. The maximum absolute atomic E-state index is 13.3. The number of carbonyl (C=O) groups is 1. The van der Waals surface area contributed by atoms with Gasteiger partial charge in [-0.25, -0.2) is 4.98 Å². The van der Waals surface area contributed by atoms with Crippen LogP contribution < -0.4 is 15.6 Å². The third kappa shape index (κ3) is 4.98. The van der Waals surface area contributed by atoms with Crippen LogP contribution >= 0.6 is 11.8 Å². The van der Waals surface area contributed by atoms with Gasteiger partial charge in [-0.3, -0.25) is 14.2 Å². The van der Waals surface area contributed by atoms with Crippen molar-refractivity contribution in [1.29, 1.82) is 0 Å². The van der Waals surface area contributed by atoms with Gasteiger partial charge in [-0.15, -0.1) is 0 Å². The molecule has 0 fully saturated rings. The van der Waals surface area contributed by atoms with E-state index in [2.05, 4.69) is 17.2 Å². The second-order valence-electron chi connectivity index (χ2n) is 6.45. The van der Waals surface area contributed by atoms with Crippen LogP contribution in [-0.2, 0) is 4.79 Å². The monoisotopic (exact) mass is 411 g/mol. The summed E-state index contributed by atoms with van der Waals surface area (Å²) in [6.07, 6.45) is 1.96. The maximum Gasteiger partial charge on any atom is 0.266 e. The number of thioether (sulfide) groups is 1. The zero-order valence-corrected chi connectivity index (χ0v) is 17.5. The van der Waals surface area contributed by atoms with Crippen LogP contribution in [0.1, 0.15) is 26.7 Å². The Bertz CT molecular complexity index is 1050. The molecule has 1 amide bonds. The van der Waals surface area contributed by atoms with Crippen molar-refractivity contribution in [3.05, 3.63) is 58.9 Å². The lowest BCUT2D eigenvalue weighted by atomic mass is 10.2. The predicted octanol–water partition coefficient (Wildman–Crippen LogP) is 3.79. The molecule has 1 N–H and O–H groups in total. The van der Waals surface area contributed by atoms with Crippen molar-refractivity contribution < 1.29 is 9.53 Å². The predicted molar refractivity (Wildman–Crippen MR) is 117 cm³/mol. The summed E-state index contributed by atoms with van der Waals surface area (Å²) in [6, 6.07) is 14.6. The van der Waals surface area contributed by atoms with E-state index in [9.17, 15) is 9.59 Å². The molecular weight excluding hydrogens is 386 g/mol. The number of aromatic nitrogens is 2. The molecule has 0 radical (unpaired) electrons. The standard InChI is InChI=1S/C22H25N3O3S/c1-3-5-14-23-20(26)15-29-22-24-17-11-7-6-10-16(17)21(27)25(22)18-12-8-9-13-19(18)28-4-2/h6-13H,3-5,14-15H2,1-2H3,(H,23,26). The summed E-state index contributed by atoms with van der Waals surface area (Å²) < 4.78 is 7.27. The van der Waals surface area contributed by atoms with Gasteiger partial charge in [0.15, 0.2) is 5.16 Å². The van der Waals surface area contributed by atoms with E-state index in [-0.39, 0.29) is 17.2 Å². The van der Waals surface area contributed by atoms with Crippen LogP contribution in [0.15, 0.2) is 58.5 Å². The van der Waals surface area contributed by atoms with Crippen LogP contribution in [0.2, 0.25) is 0 Å². The van der Waals surface area contributed by atoms with Crippen LogP contribution in [0.3, 0.4) is 0 Å². The van der Waals surface area contributed by atoms with Gasteiger partial charge in [-0.1, -0.05) is 49.4 Å². The quantitative estimate of drug-likeness (QED) is 0.329. The highest BCUT2D eigenvalue weighted by molar-refractivity contribution is 7.99. The van der Waals surface area contributed by atoms with Crippen LogP contribution in [0.25, 0.3) is 16.6 Å². The van der Waals surface area contributed by atoms with Gasteiger partial charge in [-0.2, -0.15) is 0 Å². The van der Waals surface area contributed by atoms with Crippen LogP contribution in [-0.4, -0.2) is 34.4 Å². The van der Waals surface area contributed by atoms with Crippen LogP contribution in [0.4, 0.5) is 0 Å². The van der Waals surface area contributed by atoms with Crippen molar-refractivity contribution >= 4 is 28.6 Å². The highest BCUT2D eigenvalue weighted by Crippen LogP contribution is 2.27. The molecule has 3 rings (SSSR count). The number of fused-ring (bicyclic) bond motifs is 1. The Morgan fingerprint density at radius 3 is 2.69 bits per heavy atom. The van der Waals surface area contributed by atoms with Crippen molar-refractivity contribution in [3.8, 4) is 11.4 Å². The topological polar surface area (TPSA) is 73.2 Å². The Kier molecular flexibility index (Phi) is 7.30. The van der Waals surface area contributed by atoms with Crippen molar-refractivity contribution in [2.75, 3.05) is 18.9 Å². The molecule has 7 heteroatoms. The Balaban J connectivity index is 2.03. The van der Waals surface area contributed by atoms with Gasteiger partial charge >= 0.3 is 0 Å². The van der Waals surface area contributed by atoms with Gasteiger partial charge < -0.3 is 10.1 Å². The van der Waals surface area contributed by atoms with Gasteiger partial charge in [0.2, 0.25) is 5.91 Å².